The van der Waals surface area contributed by atoms with E-state index >= 15 is 0 Å². The standard InChI is InChI=1S/C25H38N4O4/c1-7-17-9-10-18(21(13-17)33-12-8-11-28(5)6)15-27-23(31)20-14-19(30)16-29(20)24(32)22(26)25(2,3)4/h1,9-10,13,19-20,22,30H,8,11-12,14-16,26H2,2-6H3,(H,27,31)/t19-,20+,22-/m1/s1. The van der Waals surface area contributed by atoms with Crippen LogP contribution in [0.2, 0.25) is 0 Å². The van der Waals surface area contributed by atoms with Crippen LogP contribution in [0.3, 0.4) is 0 Å². The average Bonchev–Trinajstić information content (AvgIpc) is 3.15. The lowest BCUT2D eigenvalue weighted by Gasteiger charge is -2.32. The Hall–Kier alpha value is -2.60. The molecule has 0 saturated carbocycles. The zero-order chi connectivity index (χ0) is 24.8. The number of rotatable bonds is 9. The highest BCUT2D eigenvalue weighted by molar-refractivity contribution is 5.90. The second-order valence-electron chi connectivity index (χ2n) is 9.93. The normalized spacial score (nSPS) is 19.3. The summed E-state index contributed by atoms with van der Waals surface area (Å²) in [4.78, 5) is 29.4. The van der Waals surface area contributed by atoms with Gasteiger partial charge in [0, 0.05) is 37.2 Å². The molecule has 8 nitrogen and oxygen atoms in total. The second-order valence-corrected chi connectivity index (χ2v) is 9.93. The van der Waals surface area contributed by atoms with Gasteiger partial charge in [-0.25, -0.2) is 0 Å². The molecule has 33 heavy (non-hydrogen) atoms. The fraction of sp³-hybridized carbons (Fsp3) is 0.600. The van der Waals surface area contributed by atoms with Gasteiger partial charge in [-0.15, -0.1) is 6.42 Å². The number of nitrogens with zero attached hydrogens (tertiary/aromatic N) is 2. The summed E-state index contributed by atoms with van der Waals surface area (Å²) < 4.78 is 5.94. The fourth-order valence-electron chi connectivity index (χ4n) is 3.64. The number of aliphatic hydroxyl groups excluding tert-OH is 1. The van der Waals surface area contributed by atoms with Crippen molar-refractivity contribution in [3.63, 3.8) is 0 Å². The first-order valence-electron chi connectivity index (χ1n) is 11.3. The van der Waals surface area contributed by atoms with Gasteiger partial charge in [0.15, 0.2) is 0 Å². The lowest BCUT2D eigenvalue weighted by molar-refractivity contribution is -0.141. The van der Waals surface area contributed by atoms with Crippen LogP contribution >= 0.6 is 0 Å². The van der Waals surface area contributed by atoms with E-state index < -0.39 is 23.6 Å². The highest BCUT2D eigenvalue weighted by Crippen LogP contribution is 2.25. The lowest BCUT2D eigenvalue weighted by atomic mass is 9.86. The first-order valence-corrected chi connectivity index (χ1v) is 11.3. The van der Waals surface area contributed by atoms with Gasteiger partial charge in [0.05, 0.1) is 18.8 Å². The summed E-state index contributed by atoms with van der Waals surface area (Å²) in [6.45, 7) is 7.34. The monoisotopic (exact) mass is 458 g/mol. The molecule has 1 aliphatic rings. The molecule has 8 heteroatoms. The van der Waals surface area contributed by atoms with Crippen molar-refractivity contribution in [2.24, 2.45) is 11.1 Å². The zero-order valence-electron chi connectivity index (χ0n) is 20.4. The maximum absolute atomic E-state index is 13.0. The van der Waals surface area contributed by atoms with E-state index in [0.29, 0.717) is 17.9 Å². The molecule has 0 aromatic heterocycles. The smallest absolute Gasteiger partial charge is 0.243 e. The van der Waals surface area contributed by atoms with Crippen LogP contribution in [-0.2, 0) is 16.1 Å². The van der Waals surface area contributed by atoms with Gasteiger partial charge >= 0.3 is 0 Å². The van der Waals surface area contributed by atoms with E-state index in [4.69, 9.17) is 16.9 Å². The molecular formula is C25H38N4O4. The Kier molecular flexibility index (Phi) is 9.29. The summed E-state index contributed by atoms with van der Waals surface area (Å²) in [5.41, 5.74) is 7.16. The van der Waals surface area contributed by atoms with Gasteiger partial charge in [-0.05, 0) is 38.1 Å². The minimum Gasteiger partial charge on any atom is -0.493 e. The van der Waals surface area contributed by atoms with E-state index in [1.807, 2.05) is 40.9 Å². The molecule has 2 amide bonds. The van der Waals surface area contributed by atoms with Gasteiger partial charge in [-0.1, -0.05) is 32.8 Å². The van der Waals surface area contributed by atoms with Gasteiger partial charge < -0.3 is 30.7 Å². The second kappa shape index (κ2) is 11.5. The van der Waals surface area contributed by atoms with Crippen LogP contribution in [0.5, 0.6) is 5.75 Å². The molecule has 1 aromatic carbocycles. The highest BCUT2D eigenvalue weighted by atomic mass is 16.5. The molecule has 0 radical (unpaired) electrons. The third kappa shape index (κ3) is 7.46. The largest absolute Gasteiger partial charge is 0.493 e. The number of carbonyl (C=O) groups excluding carboxylic acids is 2. The Balaban J connectivity index is 2.07. The maximum atomic E-state index is 13.0. The summed E-state index contributed by atoms with van der Waals surface area (Å²) in [7, 11) is 4.00. The number of likely N-dealkylation sites (tertiary alicyclic amines) is 1. The number of terminal acetylenes is 1. The molecule has 1 aliphatic heterocycles. The molecule has 0 bridgehead atoms. The van der Waals surface area contributed by atoms with Crippen LogP contribution in [0.4, 0.5) is 0 Å². The van der Waals surface area contributed by atoms with Crippen molar-refractivity contribution < 1.29 is 19.4 Å². The minimum atomic E-state index is -0.768. The molecule has 2 rings (SSSR count). The van der Waals surface area contributed by atoms with Crippen LogP contribution in [0, 0.1) is 17.8 Å². The molecule has 4 N–H and O–H groups in total. The van der Waals surface area contributed by atoms with Crippen LogP contribution < -0.4 is 15.8 Å². The molecule has 3 atom stereocenters. The van der Waals surface area contributed by atoms with E-state index in [1.165, 1.54) is 4.90 Å². The highest BCUT2D eigenvalue weighted by Gasteiger charge is 2.42. The van der Waals surface area contributed by atoms with Gasteiger partial charge in [0.1, 0.15) is 11.8 Å². The van der Waals surface area contributed by atoms with Gasteiger partial charge in [0.25, 0.3) is 0 Å². The van der Waals surface area contributed by atoms with E-state index in [1.54, 1.807) is 12.1 Å². The molecule has 0 unspecified atom stereocenters. The van der Waals surface area contributed by atoms with Crippen LogP contribution in [-0.4, -0.2) is 78.7 Å². The van der Waals surface area contributed by atoms with Crippen molar-refractivity contribution in [3.8, 4) is 18.1 Å². The molecule has 1 fully saturated rings. The van der Waals surface area contributed by atoms with E-state index in [9.17, 15) is 14.7 Å². The van der Waals surface area contributed by atoms with Gasteiger partial charge in [-0.2, -0.15) is 0 Å². The number of amides is 2. The van der Waals surface area contributed by atoms with Crippen molar-refractivity contribution in [1.82, 2.24) is 15.1 Å². The lowest BCUT2D eigenvalue weighted by Crippen LogP contribution is -2.54. The number of aliphatic hydroxyl groups is 1. The summed E-state index contributed by atoms with van der Waals surface area (Å²) in [6.07, 6.45) is 5.79. The summed E-state index contributed by atoms with van der Waals surface area (Å²) in [5, 5.41) is 13.0. The van der Waals surface area contributed by atoms with E-state index in [-0.39, 0.29) is 31.3 Å². The molecule has 1 saturated heterocycles. The van der Waals surface area contributed by atoms with E-state index in [0.717, 1.165) is 18.5 Å². The Labute approximate surface area is 197 Å². The van der Waals surface area contributed by atoms with Gasteiger partial charge in [0.2, 0.25) is 11.8 Å². The number of benzene rings is 1. The topological polar surface area (TPSA) is 108 Å². The first kappa shape index (κ1) is 26.7. The molecule has 0 aliphatic carbocycles. The van der Waals surface area contributed by atoms with Crippen LogP contribution in [0.15, 0.2) is 18.2 Å². The first-order chi connectivity index (χ1) is 15.4. The summed E-state index contributed by atoms with van der Waals surface area (Å²) in [5.74, 6) is 2.56. The van der Waals surface area contributed by atoms with Crippen molar-refractivity contribution in [2.45, 2.75) is 58.3 Å². The Morgan fingerprint density at radius 3 is 2.70 bits per heavy atom. The fourth-order valence-corrected chi connectivity index (χ4v) is 3.64. The van der Waals surface area contributed by atoms with Crippen LogP contribution in [0.1, 0.15) is 44.7 Å². The summed E-state index contributed by atoms with van der Waals surface area (Å²) >= 11 is 0. The number of hydrogen-bond donors (Lipinski definition) is 3. The van der Waals surface area contributed by atoms with Crippen molar-refractivity contribution in [1.29, 1.82) is 0 Å². The predicted octanol–water partition coefficient (Wildman–Crippen LogP) is 0.950. The van der Waals surface area contributed by atoms with Gasteiger partial charge in [-0.3, -0.25) is 9.59 Å². The molecule has 1 aromatic rings. The molecular weight excluding hydrogens is 420 g/mol. The number of β-amino-alcohol motifs (C(OH)–C–C–N with tert-alkyl or cyclic N) is 1. The number of hydrogen-bond acceptors (Lipinski definition) is 6. The quantitative estimate of drug-likeness (QED) is 0.376. The number of carbonyl (C=O) groups is 2. The van der Waals surface area contributed by atoms with Crippen molar-refractivity contribution in [2.75, 3.05) is 33.8 Å². The Morgan fingerprint density at radius 1 is 1.39 bits per heavy atom. The number of nitrogens with one attached hydrogen (secondary N) is 1. The number of ether oxygens (including phenoxy) is 1. The van der Waals surface area contributed by atoms with E-state index in [2.05, 4.69) is 16.1 Å². The van der Waals surface area contributed by atoms with Crippen molar-refractivity contribution in [3.05, 3.63) is 29.3 Å². The minimum absolute atomic E-state index is 0.0950. The molecule has 182 valence electrons. The van der Waals surface area contributed by atoms with Crippen LogP contribution in [0.25, 0.3) is 0 Å². The van der Waals surface area contributed by atoms with Crippen molar-refractivity contribution >= 4 is 11.8 Å². The Morgan fingerprint density at radius 2 is 2.09 bits per heavy atom. The predicted molar refractivity (Wildman–Crippen MR) is 128 cm³/mol. The third-order valence-electron chi connectivity index (χ3n) is 5.76. The maximum Gasteiger partial charge on any atom is 0.243 e. The SMILES string of the molecule is C#Cc1ccc(CNC(=O)[C@@H]2C[C@@H](O)CN2C(=O)[C@@H](N)C(C)(C)C)c(OCCCN(C)C)c1. The number of nitrogens with two attached hydrogens (primary N) is 1. The third-order valence-corrected chi connectivity index (χ3v) is 5.76. The average molecular weight is 459 g/mol. The molecule has 0 spiro atoms. The zero-order valence-corrected chi connectivity index (χ0v) is 20.4. The summed E-state index contributed by atoms with van der Waals surface area (Å²) in [6, 6.07) is 3.88. The molecule has 1 heterocycles. The Bertz CT molecular complexity index is 872.